The molecule has 2 rings (SSSR count). The Morgan fingerprint density at radius 3 is 3.00 bits per heavy atom. The van der Waals surface area contributed by atoms with E-state index >= 15 is 0 Å². The summed E-state index contributed by atoms with van der Waals surface area (Å²) < 4.78 is 0. The Hall–Kier alpha value is -1.58. The van der Waals surface area contributed by atoms with Crippen molar-refractivity contribution in [2.75, 3.05) is 11.9 Å². The number of H-pyrrole nitrogens is 1. The van der Waals surface area contributed by atoms with Crippen LogP contribution in [0, 0.1) is 0 Å². The molecule has 0 amide bonds. The van der Waals surface area contributed by atoms with E-state index in [0.29, 0.717) is 6.04 Å². The number of hydrogen-bond donors (Lipinski definition) is 1. The number of nitrogens with zero attached hydrogens (tertiary/aromatic N) is 3. The van der Waals surface area contributed by atoms with Gasteiger partial charge >= 0.3 is 0 Å². The first-order chi connectivity index (χ1) is 7.24. The lowest BCUT2D eigenvalue weighted by atomic mass is 10.2. The maximum Gasteiger partial charge on any atom is 0.142 e. The molecule has 15 heavy (non-hydrogen) atoms. The standard InChI is InChI=1S/C11H16N4/c1-4-8(2)15(3)11-9-5-6-12-10(9)13-7-14-11/h5-8H,4H2,1-3H3,(H,12,13,14)/t8-/m0/s1. The van der Waals surface area contributed by atoms with Gasteiger partial charge in [0.15, 0.2) is 0 Å². The maximum atomic E-state index is 4.34. The van der Waals surface area contributed by atoms with Crippen LogP contribution in [0.15, 0.2) is 18.6 Å². The number of aromatic nitrogens is 3. The third-order valence-electron chi connectivity index (χ3n) is 2.92. The minimum Gasteiger partial charge on any atom is -0.356 e. The molecule has 80 valence electrons. The SMILES string of the molecule is CC[C@H](C)N(C)c1ncnc2[nH]ccc12. The number of hydrogen-bond acceptors (Lipinski definition) is 3. The van der Waals surface area contributed by atoms with E-state index in [0.717, 1.165) is 23.3 Å². The molecule has 1 N–H and O–H groups in total. The molecule has 0 unspecified atom stereocenters. The molecular formula is C11H16N4. The van der Waals surface area contributed by atoms with E-state index in [1.807, 2.05) is 12.3 Å². The summed E-state index contributed by atoms with van der Waals surface area (Å²) in [6.07, 6.45) is 4.60. The van der Waals surface area contributed by atoms with Crippen LogP contribution in [-0.2, 0) is 0 Å². The summed E-state index contributed by atoms with van der Waals surface area (Å²) >= 11 is 0. The van der Waals surface area contributed by atoms with E-state index in [2.05, 4.69) is 40.7 Å². The summed E-state index contributed by atoms with van der Waals surface area (Å²) in [6, 6.07) is 2.50. The fraction of sp³-hybridized carbons (Fsp3) is 0.455. The topological polar surface area (TPSA) is 44.8 Å². The zero-order valence-electron chi connectivity index (χ0n) is 9.36. The van der Waals surface area contributed by atoms with Crippen molar-refractivity contribution < 1.29 is 0 Å². The Kier molecular flexibility index (Phi) is 2.58. The molecule has 0 radical (unpaired) electrons. The van der Waals surface area contributed by atoms with E-state index in [1.165, 1.54) is 0 Å². The second-order valence-corrected chi connectivity index (χ2v) is 3.81. The molecule has 0 aromatic carbocycles. The monoisotopic (exact) mass is 204 g/mol. The van der Waals surface area contributed by atoms with Gasteiger partial charge in [0.25, 0.3) is 0 Å². The van der Waals surface area contributed by atoms with Crippen LogP contribution < -0.4 is 4.90 Å². The molecule has 0 saturated carbocycles. The van der Waals surface area contributed by atoms with Crippen molar-refractivity contribution in [3.05, 3.63) is 18.6 Å². The molecule has 4 nitrogen and oxygen atoms in total. The zero-order valence-corrected chi connectivity index (χ0v) is 9.36. The van der Waals surface area contributed by atoms with Crippen molar-refractivity contribution in [3.63, 3.8) is 0 Å². The van der Waals surface area contributed by atoms with Crippen LogP contribution in [0.25, 0.3) is 11.0 Å². The van der Waals surface area contributed by atoms with Gasteiger partial charge in [0.1, 0.15) is 17.8 Å². The molecule has 2 heterocycles. The predicted molar refractivity (Wildman–Crippen MR) is 62.0 cm³/mol. The molecule has 2 aromatic heterocycles. The van der Waals surface area contributed by atoms with E-state index in [-0.39, 0.29) is 0 Å². The molecule has 0 saturated heterocycles. The van der Waals surface area contributed by atoms with Crippen molar-refractivity contribution in [2.24, 2.45) is 0 Å². The smallest absolute Gasteiger partial charge is 0.142 e. The van der Waals surface area contributed by atoms with Crippen LogP contribution in [0.2, 0.25) is 0 Å². The molecule has 0 spiro atoms. The summed E-state index contributed by atoms with van der Waals surface area (Å²) in [5, 5.41) is 1.08. The van der Waals surface area contributed by atoms with Gasteiger partial charge in [-0.25, -0.2) is 9.97 Å². The fourth-order valence-corrected chi connectivity index (χ4v) is 1.62. The lowest BCUT2D eigenvalue weighted by Gasteiger charge is -2.25. The average molecular weight is 204 g/mol. The van der Waals surface area contributed by atoms with Gasteiger partial charge in [-0.15, -0.1) is 0 Å². The van der Waals surface area contributed by atoms with Crippen LogP contribution in [0.4, 0.5) is 5.82 Å². The Labute approximate surface area is 89.3 Å². The van der Waals surface area contributed by atoms with Crippen molar-refractivity contribution in [3.8, 4) is 0 Å². The zero-order chi connectivity index (χ0) is 10.8. The van der Waals surface area contributed by atoms with E-state index < -0.39 is 0 Å². The van der Waals surface area contributed by atoms with Gasteiger partial charge in [-0.3, -0.25) is 0 Å². The summed E-state index contributed by atoms with van der Waals surface area (Å²) in [5.41, 5.74) is 0.898. The van der Waals surface area contributed by atoms with Gasteiger partial charge in [-0.05, 0) is 19.4 Å². The Balaban J connectivity index is 2.46. The van der Waals surface area contributed by atoms with Gasteiger partial charge < -0.3 is 9.88 Å². The van der Waals surface area contributed by atoms with Crippen LogP contribution in [0.5, 0.6) is 0 Å². The second kappa shape index (κ2) is 3.88. The molecular weight excluding hydrogens is 188 g/mol. The normalized spacial score (nSPS) is 13.0. The highest BCUT2D eigenvalue weighted by molar-refractivity contribution is 5.87. The maximum absolute atomic E-state index is 4.34. The van der Waals surface area contributed by atoms with Gasteiger partial charge in [0.05, 0.1) is 5.39 Å². The van der Waals surface area contributed by atoms with Crippen LogP contribution >= 0.6 is 0 Å². The Morgan fingerprint density at radius 1 is 1.47 bits per heavy atom. The highest BCUT2D eigenvalue weighted by atomic mass is 15.2. The van der Waals surface area contributed by atoms with E-state index in [9.17, 15) is 0 Å². The molecule has 0 bridgehead atoms. The Morgan fingerprint density at radius 2 is 2.27 bits per heavy atom. The molecule has 0 aliphatic carbocycles. The lowest BCUT2D eigenvalue weighted by molar-refractivity contribution is 0.658. The summed E-state index contributed by atoms with van der Waals surface area (Å²) in [7, 11) is 2.07. The highest BCUT2D eigenvalue weighted by Crippen LogP contribution is 2.22. The van der Waals surface area contributed by atoms with Crippen molar-refractivity contribution in [1.29, 1.82) is 0 Å². The lowest BCUT2D eigenvalue weighted by Crippen LogP contribution is -2.28. The minimum atomic E-state index is 0.484. The Bertz CT molecular complexity index is 449. The average Bonchev–Trinajstić information content (AvgIpc) is 2.74. The van der Waals surface area contributed by atoms with Gasteiger partial charge in [-0.1, -0.05) is 6.92 Å². The van der Waals surface area contributed by atoms with Crippen molar-refractivity contribution in [2.45, 2.75) is 26.3 Å². The third-order valence-corrected chi connectivity index (χ3v) is 2.92. The van der Waals surface area contributed by atoms with Crippen LogP contribution in [0.3, 0.4) is 0 Å². The third kappa shape index (κ3) is 1.67. The molecule has 0 aliphatic rings. The number of anilines is 1. The fourth-order valence-electron chi connectivity index (χ4n) is 1.62. The summed E-state index contributed by atoms with van der Waals surface area (Å²) in [6.45, 7) is 4.37. The summed E-state index contributed by atoms with van der Waals surface area (Å²) in [5.74, 6) is 0.996. The second-order valence-electron chi connectivity index (χ2n) is 3.81. The van der Waals surface area contributed by atoms with E-state index in [1.54, 1.807) is 6.33 Å². The first-order valence-electron chi connectivity index (χ1n) is 5.25. The molecule has 2 aromatic rings. The van der Waals surface area contributed by atoms with Crippen LogP contribution in [-0.4, -0.2) is 28.0 Å². The largest absolute Gasteiger partial charge is 0.356 e. The first kappa shape index (κ1) is 9.96. The number of nitrogens with one attached hydrogen (secondary N) is 1. The van der Waals surface area contributed by atoms with Gasteiger partial charge in [0.2, 0.25) is 0 Å². The van der Waals surface area contributed by atoms with Gasteiger partial charge in [0, 0.05) is 19.3 Å². The molecule has 4 heteroatoms. The quantitative estimate of drug-likeness (QED) is 0.833. The molecule has 1 atom stereocenters. The molecule has 0 fully saturated rings. The van der Waals surface area contributed by atoms with Crippen LogP contribution in [0.1, 0.15) is 20.3 Å². The molecule has 0 aliphatic heterocycles. The number of aromatic amines is 1. The highest BCUT2D eigenvalue weighted by Gasteiger charge is 2.13. The van der Waals surface area contributed by atoms with Crippen molar-refractivity contribution in [1.82, 2.24) is 15.0 Å². The summed E-state index contributed by atoms with van der Waals surface area (Å²) in [4.78, 5) is 13.8. The number of rotatable bonds is 3. The minimum absolute atomic E-state index is 0.484. The first-order valence-corrected chi connectivity index (χ1v) is 5.25. The number of fused-ring (bicyclic) bond motifs is 1. The predicted octanol–water partition coefficient (Wildman–Crippen LogP) is 2.19. The van der Waals surface area contributed by atoms with Crippen molar-refractivity contribution >= 4 is 16.9 Å². The van der Waals surface area contributed by atoms with E-state index in [4.69, 9.17) is 0 Å². The van der Waals surface area contributed by atoms with Gasteiger partial charge in [-0.2, -0.15) is 0 Å².